The molecule has 5 atom stereocenters. The first-order valence-electron chi connectivity index (χ1n) is 16.2. The van der Waals surface area contributed by atoms with Crippen LogP contribution in [0.3, 0.4) is 0 Å². The summed E-state index contributed by atoms with van der Waals surface area (Å²) in [7, 11) is 1.29. The maximum atomic E-state index is 14.0. The second kappa shape index (κ2) is 16.4. The highest BCUT2D eigenvalue weighted by molar-refractivity contribution is 5.95. The van der Waals surface area contributed by atoms with E-state index < -0.39 is 36.2 Å². The highest BCUT2D eigenvalue weighted by Crippen LogP contribution is 2.26. The molecule has 0 bridgehead atoms. The number of carbonyl (C=O) groups is 4. The molecule has 4 amide bonds. The highest BCUT2D eigenvalue weighted by atomic mass is 16.5. The van der Waals surface area contributed by atoms with Crippen LogP contribution in [0.25, 0.3) is 21.3 Å². The lowest BCUT2D eigenvalue weighted by Crippen LogP contribution is -2.59. The smallest absolute Gasteiger partial charge is 0.418 e. The van der Waals surface area contributed by atoms with E-state index in [2.05, 4.69) is 26.0 Å². The lowest BCUT2D eigenvalue weighted by Gasteiger charge is -2.40. The van der Waals surface area contributed by atoms with E-state index in [1.165, 1.54) is 11.7 Å². The van der Waals surface area contributed by atoms with Crippen LogP contribution in [0.5, 0.6) is 0 Å². The molecule has 1 fully saturated rings. The van der Waals surface area contributed by atoms with Crippen LogP contribution >= 0.6 is 0 Å². The number of rotatable bonds is 12. The molecular formula is C33H50N8O5. The van der Waals surface area contributed by atoms with Gasteiger partial charge in [-0.15, -0.1) is 0 Å². The molecule has 1 aliphatic rings. The van der Waals surface area contributed by atoms with Crippen molar-refractivity contribution in [1.82, 2.24) is 25.4 Å². The Morgan fingerprint density at radius 1 is 1.04 bits per heavy atom. The predicted molar refractivity (Wildman–Crippen MR) is 177 cm³/mol. The quantitative estimate of drug-likeness (QED) is 0.147. The summed E-state index contributed by atoms with van der Waals surface area (Å²) in [5, 5.41) is 13.1. The molecule has 3 rings (SSSR count). The van der Waals surface area contributed by atoms with E-state index in [4.69, 9.17) is 10.3 Å². The molecule has 2 heterocycles. The van der Waals surface area contributed by atoms with Gasteiger partial charge in [-0.05, 0) is 68.5 Å². The standard InChI is InChI=1S/C33H50N8O5/c1-8-9-17-28(38-39-34)37-29(42)25(18-23-20-40(32(45)46-7)27-16-11-10-15-24(23)27)35-30(43)26(19-33(4,5)6)36-31(44)41-21(2)13-12-14-22(41)3/h10-11,15-16,20-22,25-26,28H,8-9,12-14,17-19H2,1-7H3,(H,35,43)(H,36,44)(H,37,42)/t21?,22?,25?,26?,28-/m0/s1. The van der Waals surface area contributed by atoms with E-state index in [1.807, 2.05) is 53.7 Å². The third-order valence-electron chi connectivity index (χ3n) is 8.41. The van der Waals surface area contributed by atoms with Crippen LogP contribution in [0.2, 0.25) is 0 Å². The van der Waals surface area contributed by atoms with Crippen molar-refractivity contribution in [2.75, 3.05) is 7.11 Å². The van der Waals surface area contributed by atoms with Crippen LogP contribution in [0.1, 0.15) is 92.1 Å². The third-order valence-corrected chi connectivity index (χ3v) is 8.41. The Kier molecular flexibility index (Phi) is 12.9. The van der Waals surface area contributed by atoms with Gasteiger partial charge in [-0.3, -0.25) is 14.2 Å². The molecular weight excluding hydrogens is 588 g/mol. The Morgan fingerprint density at radius 3 is 2.30 bits per heavy atom. The molecule has 1 aliphatic heterocycles. The second-order valence-corrected chi connectivity index (χ2v) is 13.5. The van der Waals surface area contributed by atoms with E-state index in [1.54, 1.807) is 23.2 Å². The fourth-order valence-corrected chi connectivity index (χ4v) is 6.11. The molecule has 1 aromatic heterocycles. The normalized spacial score (nSPS) is 18.5. The third kappa shape index (κ3) is 9.62. The number of ether oxygens (including phenoxy) is 1. The van der Waals surface area contributed by atoms with E-state index in [-0.39, 0.29) is 30.0 Å². The van der Waals surface area contributed by atoms with Crippen LogP contribution in [0.15, 0.2) is 35.6 Å². The molecule has 0 aliphatic carbocycles. The van der Waals surface area contributed by atoms with Crippen LogP contribution in [-0.2, 0) is 20.7 Å². The Hall–Kier alpha value is -4.25. The zero-order valence-corrected chi connectivity index (χ0v) is 28.2. The molecule has 1 aromatic carbocycles. The van der Waals surface area contributed by atoms with Gasteiger partial charge in [0.2, 0.25) is 11.8 Å². The molecule has 252 valence electrons. The average Bonchev–Trinajstić information content (AvgIpc) is 3.36. The number of aromatic nitrogens is 1. The maximum Gasteiger partial charge on any atom is 0.418 e. The molecule has 13 heteroatoms. The monoisotopic (exact) mass is 638 g/mol. The van der Waals surface area contributed by atoms with Gasteiger partial charge in [-0.2, -0.15) is 0 Å². The molecule has 2 aromatic rings. The summed E-state index contributed by atoms with van der Waals surface area (Å²) in [6, 6.07) is 4.93. The lowest BCUT2D eigenvalue weighted by atomic mass is 9.87. The Labute approximate surface area is 271 Å². The van der Waals surface area contributed by atoms with Gasteiger partial charge in [0.25, 0.3) is 0 Å². The van der Waals surface area contributed by atoms with Crippen molar-refractivity contribution in [2.45, 2.75) is 123 Å². The Bertz CT molecular complexity index is 1420. The van der Waals surface area contributed by atoms with E-state index in [0.717, 1.165) is 32.1 Å². The van der Waals surface area contributed by atoms with Crippen LogP contribution in [0, 0.1) is 5.41 Å². The zero-order valence-electron chi connectivity index (χ0n) is 28.2. The number of amides is 4. The van der Waals surface area contributed by atoms with Gasteiger partial charge in [-0.1, -0.05) is 63.8 Å². The predicted octanol–water partition coefficient (Wildman–Crippen LogP) is 6.00. The molecule has 3 N–H and O–H groups in total. The molecule has 0 saturated carbocycles. The summed E-state index contributed by atoms with van der Waals surface area (Å²) in [5.74, 6) is -1.05. The number of likely N-dealkylation sites (tertiary alicyclic amines) is 1. The second-order valence-electron chi connectivity index (χ2n) is 13.5. The van der Waals surface area contributed by atoms with Crippen LogP contribution < -0.4 is 16.0 Å². The molecule has 1 saturated heterocycles. The van der Waals surface area contributed by atoms with Gasteiger partial charge in [0.1, 0.15) is 18.2 Å². The Morgan fingerprint density at radius 2 is 1.70 bits per heavy atom. The zero-order chi connectivity index (χ0) is 34.0. The Balaban J connectivity index is 1.97. The van der Waals surface area contributed by atoms with Crippen molar-refractivity contribution in [3.8, 4) is 0 Å². The lowest BCUT2D eigenvalue weighted by molar-refractivity contribution is -0.130. The first-order valence-corrected chi connectivity index (χ1v) is 16.2. The van der Waals surface area contributed by atoms with Crippen molar-refractivity contribution >= 4 is 34.8 Å². The van der Waals surface area contributed by atoms with Gasteiger partial charge < -0.3 is 25.6 Å². The highest BCUT2D eigenvalue weighted by Gasteiger charge is 2.35. The number of fused-ring (bicyclic) bond motifs is 1. The van der Waals surface area contributed by atoms with Gasteiger partial charge >= 0.3 is 12.1 Å². The number of azide groups is 1. The first kappa shape index (κ1) is 36.2. The first-order chi connectivity index (χ1) is 21.8. The molecule has 0 radical (unpaired) electrons. The SMILES string of the molecule is CCCC[C@H](N=[N+]=[N-])NC(=O)C(Cc1cn(C(=O)OC)c2ccccc12)NC(=O)C(CC(C)(C)C)NC(=O)N1C(C)CCCC1C. The van der Waals surface area contributed by atoms with Crippen molar-refractivity contribution in [3.05, 3.63) is 46.5 Å². The van der Waals surface area contributed by atoms with E-state index >= 15 is 0 Å². The van der Waals surface area contributed by atoms with E-state index in [0.29, 0.717) is 29.3 Å². The number of hydrogen-bond acceptors (Lipinski definition) is 6. The minimum atomic E-state index is -1.12. The minimum absolute atomic E-state index is 0.0230. The number of unbranched alkanes of at least 4 members (excludes halogenated alkanes) is 1. The number of piperidine rings is 1. The summed E-state index contributed by atoms with van der Waals surface area (Å²) in [5.41, 5.74) is 10.0. The van der Waals surface area contributed by atoms with Crippen molar-refractivity contribution in [1.29, 1.82) is 0 Å². The number of hydrogen-bond donors (Lipinski definition) is 3. The van der Waals surface area contributed by atoms with Crippen molar-refractivity contribution in [3.63, 3.8) is 0 Å². The van der Waals surface area contributed by atoms with Crippen molar-refractivity contribution in [2.24, 2.45) is 10.5 Å². The largest absolute Gasteiger partial charge is 0.452 e. The molecule has 46 heavy (non-hydrogen) atoms. The average molecular weight is 639 g/mol. The maximum absolute atomic E-state index is 14.0. The van der Waals surface area contributed by atoms with Gasteiger partial charge in [-0.25, -0.2) is 9.59 Å². The van der Waals surface area contributed by atoms with Gasteiger partial charge in [0.15, 0.2) is 0 Å². The number of benzene rings is 1. The van der Waals surface area contributed by atoms with Crippen molar-refractivity contribution < 1.29 is 23.9 Å². The fourth-order valence-electron chi connectivity index (χ4n) is 6.11. The summed E-state index contributed by atoms with van der Waals surface area (Å²) in [4.78, 5) is 58.7. The topological polar surface area (TPSA) is 171 Å². The fraction of sp³-hybridized carbons (Fsp3) is 0.636. The number of methoxy groups -OCH3 is 1. The van der Waals surface area contributed by atoms with Crippen LogP contribution in [0.4, 0.5) is 9.59 Å². The number of nitrogens with zero attached hydrogens (tertiary/aromatic N) is 5. The number of carbonyl (C=O) groups excluding carboxylic acids is 4. The molecule has 4 unspecified atom stereocenters. The van der Waals surface area contributed by atoms with Crippen LogP contribution in [-0.4, -0.2) is 70.8 Å². The summed E-state index contributed by atoms with van der Waals surface area (Å²) >= 11 is 0. The number of nitrogens with one attached hydrogen (secondary N) is 3. The molecule has 13 nitrogen and oxygen atoms in total. The summed E-state index contributed by atoms with van der Waals surface area (Å²) in [6.07, 6.45) is 5.36. The molecule has 0 spiro atoms. The summed E-state index contributed by atoms with van der Waals surface area (Å²) in [6.45, 7) is 12.0. The number of urea groups is 1. The summed E-state index contributed by atoms with van der Waals surface area (Å²) < 4.78 is 6.31. The minimum Gasteiger partial charge on any atom is -0.452 e. The van der Waals surface area contributed by atoms with Gasteiger partial charge in [0, 0.05) is 35.0 Å². The van der Waals surface area contributed by atoms with Gasteiger partial charge in [0.05, 0.1) is 12.6 Å². The number of para-hydroxylation sites is 1. The van der Waals surface area contributed by atoms with E-state index in [9.17, 15) is 19.2 Å².